The van der Waals surface area contributed by atoms with Crippen LogP contribution in [0.25, 0.3) is 0 Å². The maximum Gasteiger partial charge on any atom is 0.0742 e. The van der Waals surface area contributed by atoms with Crippen LogP contribution in [0.2, 0.25) is 0 Å². The van der Waals surface area contributed by atoms with Crippen molar-refractivity contribution in [2.75, 3.05) is 0 Å². The van der Waals surface area contributed by atoms with Gasteiger partial charge in [0.25, 0.3) is 0 Å². The third-order valence-corrected chi connectivity index (χ3v) is 1.68. The number of aliphatic hydroxyl groups excluding tert-OH is 2. The first-order valence-electron chi connectivity index (χ1n) is 4.19. The zero-order chi connectivity index (χ0) is 8.69. The molecule has 0 radical (unpaired) electrons. The van der Waals surface area contributed by atoms with Crippen LogP contribution in [0.5, 0.6) is 0 Å². The number of unbranched alkanes of at least 4 members (excludes halogenated alkanes) is 1. The van der Waals surface area contributed by atoms with E-state index >= 15 is 0 Å². The van der Waals surface area contributed by atoms with Crippen LogP contribution in [0.3, 0.4) is 0 Å². The van der Waals surface area contributed by atoms with E-state index in [0.29, 0.717) is 6.42 Å². The van der Waals surface area contributed by atoms with Crippen LogP contribution in [0.15, 0.2) is 12.7 Å². The first-order valence-corrected chi connectivity index (χ1v) is 4.19. The van der Waals surface area contributed by atoms with E-state index in [1.54, 1.807) is 0 Å². The van der Waals surface area contributed by atoms with E-state index in [2.05, 4.69) is 13.5 Å². The van der Waals surface area contributed by atoms with E-state index in [4.69, 9.17) is 5.11 Å². The Balaban J connectivity index is 3.34. The summed E-state index contributed by atoms with van der Waals surface area (Å²) >= 11 is 0. The Morgan fingerprint density at radius 2 is 2.09 bits per heavy atom. The number of aliphatic hydroxyl groups is 2. The molecule has 0 fully saturated rings. The van der Waals surface area contributed by atoms with Crippen LogP contribution in [-0.2, 0) is 0 Å². The number of rotatable bonds is 6. The molecular formula is C9H18O2. The van der Waals surface area contributed by atoms with Crippen LogP contribution in [0.1, 0.15) is 32.6 Å². The van der Waals surface area contributed by atoms with Crippen molar-refractivity contribution >= 4 is 0 Å². The molecule has 0 aliphatic heterocycles. The summed E-state index contributed by atoms with van der Waals surface area (Å²) < 4.78 is 0. The van der Waals surface area contributed by atoms with Gasteiger partial charge in [0.05, 0.1) is 12.2 Å². The highest BCUT2D eigenvalue weighted by Gasteiger charge is 2.07. The van der Waals surface area contributed by atoms with E-state index in [0.717, 1.165) is 19.3 Å². The normalized spacial score (nSPS) is 15.9. The van der Waals surface area contributed by atoms with E-state index < -0.39 is 6.10 Å². The van der Waals surface area contributed by atoms with E-state index in [1.807, 2.05) is 0 Å². The minimum Gasteiger partial charge on any atom is -0.393 e. The van der Waals surface area contributed by atoms with Gasteiger partial charge >= 0.3 is 0 Å². The van der Waals surface area contributed by atoms with Gasteiger partial charge in [0.2, 0.25) is 0 Å². The van der Waals surface area contributed by atoms with Crippen LogP contribution in [0.4, 0.5) is 0 Å². The average molecular weight is 158 g/mol. The summed E-state index contributed by atoms with van der Waals surface area (Å²) in [5.74, 6) is 0. The summed E-state index contributed by atoms with van der Waals surface area (Å²) in [6.07, 6.45) is 3.83. The average Bonchev–Trinajstić information content (AvgIpc) is 2.00. The fourth-order valence-corrected chi connectivity index (χ4v) is 0.933. The van der Waals surface area contributed by atoms with Crippen molar-refractivity contribution in [1.29, 1.82) is 0 Å². The Morgan fingerprint density at radius 1 is 1.45 bits per heavy atom. The SMILES string of the molecule is C=CC(O)C[C@H](O)CCCC. The molecule has 2 heteroatoms. The second kappa shape index (κ2) is 6.38. The monoisotopic (exact) mass is 158 g/mol. The van der Waals surface area contributed by atoms with E-state index in [1.165, 1.54) is 6.08 Å². The highest BCUT2D eigenvalue weighted by molar-refractivity contribution is 4.79. The van der Waals surface area contributed by atoms with Crippen LogP contribution >= 0.6 is 0 Å². The lowest BCUT2D eigenvalue weighted by Gasteiger charge is -2.11. The smallest absolute Gasteiger partial charge is 0.0742 e. The molecule has 2 N–H and O–H groups in total. The fourth-order valence-electron chi connectivity index (χ4n) is 0.933. The Labute approximate surface area is 68.6 Å². The van der Waals surface area contributed by atoms with Crippen molar-refractivity contribution in [3.63, 3.8) is 0 Å². The molecular weight excluding hydrogens is 140 g/mol. The molecule has 2 nitrogen and oxygen atoms in total. The number of hydrogen-bond acceptors (Lipinski definition) is 2. The zero-order valence-electron chi connectivity index (χ0n) is 7.16. The molecule has 0 saturated carbocycles. The van der Waals surface area contributed by atoms with Crippen molar-refractivity contribution in [3.8, 4) is 0 Å². The summed E-state index contributed by atoms with van der Waals surface area (Å²) in [7, 11) is 0. The lowest BCUT2D eigenvalue weighted by molar-refractivity contribution is 0.0962. The van der Waals surface area contributed by atoms with Gasteiger partial charge in [0.1, 0.15) is 0 Å². The second-order valence-electron chi connectivity index (χ2n) is 2.83. The zero-order valence-corrected chi connectivity index (χ0v) is 7.16. The van der Waals surface area contributed by atoms with Gasteiger partial charge in [-0.3, -0.25) is 0 Å². The predicted molar refractivity (Wildman–Crippen MR) is 46.4 cm³/mol. The molecule has 0 heterocycles. The molecule has 0 aliphatic carbocycles. The molecule has 2 atom stereocenters. The Hall–Kier alpha value is -0.340. The molecule has 0 amide bonds. The predicted octanol–water partition coefficient (Wildman–Crippen LogP) is 1.47. The fraction of sp³-hybridized carbons (Fsp3) is 0.778. The van der Waals surface area contributed by atoms with Gasteiger partial charge in [-0.15, -0.1) is 6.58 Å². The van der Waals surface area contributed by atoms with Gasteiger partial charge in [0.15, 0.2) is 0 Å². The molecule has 0 aromatic heterocycles. The molecule has 0 bridgehead atoms. The molecule has 66 valence electrons. The summed E-state index contributed by atoms with van der Waals surface area (Å²) in [5.41, 5.74) is 0. The van der Waals surface area contributed by atoms with Crippen molar-refractivity contribution in [2.24, 2.45) is 0 Å². The first-order chi connectivity index (χ1) is 5.20. The largest absolute Gasteiger partial charge is 0.393 e. The lowest BCUT2D eigenvalue weighted by Crippen LogP contribution is -2.15. The minimum atomic E-state index is -0.554. The quantitative estimate of drug-likeness (QED) is 0.575. The van der Waals surface area contributed by atoms with Crippen molar-refractivity contribution < 1.29 is 10.2 Å². The third-order valence-electron chi connectivity index (χ3n) is 1.68. The topological polar surface area (TPSA) is 40.5 Å². The molecule has 0 aliphatic rings. The summed E-state index contributed by atoms with van der Waals surface area (Å²) in [5, 5.41) is 18.3. The summed E-state index contributed by atoms with van der Waals surface area (Å²) in [4.78, 5) is 0. The van der Waals surface area contributed by atoms with Gasteiger partial charge in [0, 0.05) is 6.42 Å². The third kappa shape index (κ3) is 6.07. The van der Waals surface area contributed by atoms with Crippen LogP contribution < -0.4 is 0 Å². The van der Waals surface area contributed by atoms with Gasteiger partial charge in [-0.1, -0.05) is 25.8 Å². The van der Waals surface area contributed by atoms with Gasteiger partial charge in [-0.05, 0) is 6.42 Å². The van der Waals surface area contributed by atoms with E-state index in [9.17, 15) is 5.11 Å². The molecule has 1 unspecified atom stereocenters. The van der Waals surface area contributed by atoms with Gasteiger partial charge < -0.3 is 10.2 Å². The van der Waals surface area contributed by atoms with E-state index in [-0.39, 0.29) is 6.10 Å². The van der Waals surface area contributed by atoms with Crippen molar-refractivity contribution in [1.82, 2.24) is 0 Å². The minimum absolute atomic E-state index is 0.372. The second-order valence-corrected chi connectivity index (χ2v) is 2.83. The molecule has 0 saturated heterocycles. The highest BCUT2D eigenvalue weighted by Crippen LogP contribution is 2.06. The summed E-state index contributed by atoms with van der Waals surface area (Å²) in [6, 6.07) is 0. The van der Waals surface area contributed by atoms with Crippen LogP contribution in [-0.4, -0.2) is 22.4 Å². The molecule has 0 spiro atoms. The van der Waals surface area contributed by atoms with Crippen LogP contribution in [0, 0.1) is 0 Å². The summed E-state index contributed by atoms with van der Waals surface area (Å²) in [6.45, 7) is 5.51. The van der Waals surface area contributed by atoms with Gasteiger partial charge in [-0.2, -0.15) is 0 Å². The molecule has 0 aromatic carbocycles. The maximum absolute atomic E-state index is 9.27. The lowest BCUT2D eigenvalue weighted by atomic mass is 10.1. The maximum atomic E-state index is 9.27. The van der Waals surface area contributed by atoms with Crippen molar-refractivity contribution in [2.45, 2.75) is 44.8 Å². The standard InChI is InChI=1S/C9H18O2/c1-3-5-6-9(11)7-8(10)4-2/h4,8-11H,2-3,5-7H2,1H3/t8?,9-/m1/s1. The highest BCUT2D eigenvalue weighted by atomic mass is 16.3. The Kier molecular flexibility index (Phi) is 6.18. The first kappa shape index (κ1) is 10.7. The molecule has 11 heavy (non-hydrogen) atoms. The Morgan fingerprint density at radius 3 is 2.55 bits per heavy atom. The molecule has 0 rings (SSSR count). The van der Waals surface area contributed by atoms with Gasteiger partial charge in [-0.25, -0.2) is 0 Å². The Bertz CT molecular complexity index is 102. The van der Waals surface area contributed by atoms with Crippen molar-refractivity contribution in [3.05, 3.63) is 12.7 Å². The number of hydrogen-bond donors (Lipinski definition) is 2. The molecule has 0 aromatic rings.